The number of nitrogens with one attached hydrogen (secondary N) is 2. The molecule has 4 heteroatoms. The molecular formula is C22H24N4. The first-order valence-corrected chi connectivity index (χ1v) is 8.76. The third-order valence-electron chi connectivity index (χ3n) is 4.36. The molecule has 0 spiro atoms. The van der Waals surface area contributed by atoms with E-state index in [0.29, 0.717) is 0 Å². The number of aromatic nitrogens is 4. The number of hydrogen-bond acceptors (Lipinski definition) is 2. The lowest BCUT2D eigenvalue weighted by Gasteiger charge is -2.07. The van der Waals surface area contributed by atoms with Gasteiger partial charge in [-0.25, -0.2) is 9.97 Å². The molecule has 0 aliphatic rings. The van der Waals surface area contributed by atoms with E-state index >= 15 is 0 Å². The summed E-state index contributed by atoms with van der Waals surface area (Å²) in [5, 5.41) is 0. The summed E-state index contributed by atoms with van der Waals surface area (Å²) in [4.78, 5) is 14.2. The SMILES string of the molecule is Cc1cccc(C)c1Cc1cnc[nH]1.c1ccc(Cc2cnc[nH]2)cc1. The predicted octanol–water partition coefficient (Wildman–Crippen LogP) is 4.62. The third kappa shape index (κ3) is 4.93. The van der Waals surface area contributed by atoms with E-state index in [2.05, 4.69) is 64.1 Å². The summed E-state index contributed by atoms with van der Waals surface area (Å²) >= 11 is 0. The fourth-order valence-corrected chi connectivity index (χ4v) is 2.90. The molecule has 0 radical (unpaired) electrons. The highest BCUT2D eigenvalue weighted by atomic mass is 14.9. The molecule has 0 aliphatic heterocycles. The first kappa shape index (κ1) is 17.7. The van der Waals surface area contributed by atoms with Crippen molar-refractivity contribution in [2.75, 3.05) is 0 Å². The molecule has 132 valence electrons. The van der Waals surface area contributed by atoms with Crippen LogP contribution in [0.3, 0.4) is 0 Å². The molecule has 4 aromatic rings. The standard InChI is InChI=1S/C12H14N2.C10H10N2/c1-9-4-3-5-10(2)12(9)6-11-7-13-8-14-11;1-2-4-9(5-3-1)6-10-7-11-8-12-10/h3-5,7-8H,6H2,1-2H3,(H,13,14);1-5,7-8H,6H2,(H,11,12). The van der Waals surface area contributed by atoms with Crippen LogP contribution in [0, 0.1) is 13.8 Å². The molecule has 2 aromatic carbocycles. The fraction of sp³-hybridized carbons (Fsp3) is 0.182. The molecule has 4 rings (SSSR count). The zero-order valence-electron chi connectivity index (χ0n) is 15.2. The van der Waals surface area contributed by atoms with Crippen molar-refractivity contribution in [3.63, 3.8) is 0 Å². The maximum absolute atomic E-state index is 4.02. The normalized spacial score (nSPS) is 10.2. The second-order valence-corrected chi connectivity index (χ2v) is 6.36. The molecule has 0 saturated carbocycles. The minimum Gasteiger partial charge on any atom is -0.348 e. The van der Waals surface area contributed by atoms with Crippen LogP contribution in [-0.4, -0.2) is 19.9 Å². The largest absolute Gasteiger partial charge is 0.348 e. The Balaban J connectivity index is 0.000000152. The molecule has 0 fully saturated rings. The highest BCUT2D eigenvalue weighted by Gasteiger charge is 2.03. The Bertz CT molecular complexity index is 874. The highest BCUT2D eigenvalue weighted by Crippen LogP contribution is 2.16. The van der Waals surface area contributed by atoms with Crippen LogP contribution in [0.1, 0.15) is 33.6 Å². The van der Waals surface area contributed by atoms with E-state index in [4.69, 9.17) is 0 Å². The average Bonchev–Trinajstić information content (AvgIpc) is 3.34. The van der Waals surface area contributed by atoms with Gasteiger partial charge in [-0.05, 0) is 36.1 Å². The number of aromatic amines is 2. The topological polar surface area (TPSA) is 57.4 Å². The molecular weight excluding hydrogens is 320 g/mol. The van der Waals surface area contributed by atoms with Crippen LogP contribution in [0.25, 0.3) is 0 Å². The summed E-state index contributed by atoms with van der Waals surface area (Å²) in [6.45, 7) is 4.30. The van der Waals surface area contributed by atoms with E-state index in [9.17, 15) is 0 Å². The number of benzene rings is 2. The molecule has 0 saturated heterocycles. The first-order chi connectivity index (χ1) is 12.7. The van der Waals surface area contributed by atoms with E-state index in [1.165, 1.54) is 27.9 Å². The average molecular weight is 344 g/mol. The van der Waals surface area contributed by atoms with Crippen LogP contribution in [0.15, 0.2) is 73.6 Å². The zero-order valence-corrected chi connectivity index (χ0v) is 15.2. The number of rotatable bonds is 4. The highest BCUT2D eigenvalue weighted by molar-refractivity contribution is 5.36. The number of nitrogens with zero attached hydrogens (tertiary/aromatic N) is 2. The molecule has 0 bridgehead atoms. The van der Waals surface area contributed by atoms with Gasteiger partial charge in [-0.1, -0.05) is 48.5 Å². The number of imidazole rings is 2. The molecule has 0 amide bonds. The van der Waals surface area contributed by atoms with Gasteiger partial charge >= 0.3 is 0 Å². The van der Waals surface area contributed by atoms with Crippen LogP contribution in [-0.2, 0) is 12.8 Å². The van der Waals surface area contributed by atoms with Crippen molar-refractivity contribution < 1.29 is 0 Å². The van der Waals surface area contributed by atoms with Gasteiger partial charge in [0.05, 0.1) is 12.7 Å². The predicted molar refractivity (Wildman–Crippen MR) is 105 cm³/mol. The lowest BCUT2D eigenvalue weighted by molar-refractivity contribution is 1.07. The van der Waals surface area contributed by atoms with Gasteiger partial charge in [0.15, 0.2) is 0 Å². The van der Waals surface area contributed by atoms with Crippen molar-refractivity contribution in [2.24, 2.45) is 0 Å². The van der Waals surface area contributed by atoms with Gasteiger partial charge in [-0.2, -0.15) is 0 Å². The summed E-state index contributed by atoms with van der Waals surface area (Å²) in [6.07, 6.45) is 9.04. The van der Waals surface area contributed by atoms with Gasteiger partial charge in [0.1, 0.15) is 0 Å². The van der Waals surface area contributed by atoms with E-state index in [1.54, 1.807) is 12.7 Å². The minimum atomic E-state index is 0.931. The molecule has 2 heterocycles. The zero-order chi connectivity index (χ0) is 18.2. The molecule has 0 unspecified atom stereocenters. The van der Waals surface area contributed by atoms with Crippen molar-refractivity contribution in [3.05, 3.63) is 107 Å². The van der Waals surface area contributed by atoms with Crippen molar-refractivity contribution in [2.45, 2.75) is 26.7 Å². The maximum atomic E-state index is 4.02. The maximum Gasteiger partial charge on any atom is 0.0921 e. The monoisotopic (exact) mass is 344 g/mol. The van der Waals surface area contributed by atoms with Crippen molar-refractivity contribution in [1.29, 1.82) is 0 Å². The second kappa shape index (κ2) is 8.81. The van der Waals surface area contributed by atoms with Crippen LogP contribution in [0.5, 0.6) is 0 Å². The van der Waals surface area contributed by atoms with Gasteiger partial charge in [-0.15, -0.1) is 0 Å². The van der Waals surface area contributed by atoms with Crippen molar-refractivity contribution >= 4 is 0 Å². The van der Waals surface area contributed by atoms with Gasteiger partial charge in [0.2, 0.25) is 0 Å². The molecule has 2 aromatic heterocycles. The van der Waals surface area contributed by atoms with Crippen LogP contribution in [0.2, 0.25) is 0 Å². The molecule has 26 heavy (non-hydrogen) atoms. The summed E-state index contributed by atoms with van der Waals surface area (Å²) in [5.74, 6) is 0. The number of H-pyrrole nitrogens is 2. The molecule has 0 atom stereocenters. The van der Waals surface area contributed by atoms with E-state index in [1.807, 2.05) is 30.6 Å². The third-order valence-corrected chi connectivity index (χ3v) is 4.36. The van der Waals surface area contributed by atoms with Crippen molar-refractivity contribution in [3.8, 4) is 0 Å². The quantitative estimate of drug-likeness (QED) is 0.567. The Hall–Kier alpha value is -3.14. The second-order valence-electron chi connectivity index (χ2n) is 6.36. The van der Waals surface area contributed by atoms with Crippen LogP contribution < -0.4 is 0 Å². The van der Waals surface area contributed by atoms with Crippen LogP contribution in [0.4, 0.5) is 0 Å². The van der Waals surface area contributed by atoms with Gasteiger partial charge in [0.25, 0.3) is 0 Å². The van der Waals surface area contributed by atoms with E-state index < -0.39 is 0 Å². The Morgan fingerprint density at radius 2 is 1.27 bits per heavy atom. The summed E-state index contributed by atoms with van der Waals surface area (Å²) in [5.41, 5.74) is 7.72. The number of aryl methyl sites for hydroxylation is 2. The lowest BCUT2D eigenvalue weighted by atomic mass is 9.99. The van der Waals surface area contributed by atoms with Gasteiger partial charge < -0.3 is 9.97 Å². The van der Waals surface area contributed by atoms with E-state index in [-0.39, 0.29) is 0 Å². The summed E-state index contributed by atoms with van der Waals surface area (Å²) in [7, 11) is 0. The summed E-state index contributed by atoms with van der Waals surface area (Å²) < 4.78 is 0. The summed E-state index contributed by atoms with van der Waals surface area (Å²) in [6, 6.07) is 16.7. The minimum absolute atomic E-state index is 0.931. The Labute approximate surface area is 154 Å². The van der Waals surface area contributed by atoms with Crippen molar-refractivity contribution in [1.82, 2.24) is 19.9 Å². The molecule has 2 N–H and O–H groups in total. The Morgan fingerprint density at radius 1 is 0.692 bits per heavy atom. The first-order valence-electron chi connectivity index (χ1n) is 8.76. The van der Waals surface area contributed by atoms with Gasteiger partial charge in [0, 0.05) is 36.6 Å². The fourth-order valence-electron chi connectivity index (χ4n) is 2.90. The number of hydrogen-bond donors (Lipinski definition) is 2. The molecule has 4 nitrogen and oxygen atoms in total. The lowest BCUT2D eigenvalue weighted by Crippen LogP contribution is -1.95. The van der Waals surface area contributed by atoms with E-state index in [0.717, 1.165) is 18.5 Å². The van der Waals surface area contributed by atoms with Gasteiger partial charge in [-0.3, -0.25) is 0 Å². The Kier molecular flexibility index (Phi) is 5.99. The molecule has 0 aliphatic carbocycles. The van der Waals surface area contributed by atoms with Crippen LogP contribution >= 0.6 is 0 Å². The smallest absolute Gasteiger partial charge is 0.0921 e. The Morgan fingerprint density at radius 3 is 1.81 bits per heavy atom.